The summed E-state index contributed by atoms with van der Waals surface area (Å²) in [6.45, 7) is 12.7. The zero-order chi connectivity index (χ0) is 28.0. The van der Waals surface area contributed by atoms with E-state index in [0.29, 0.717) is 36.3 Å². The van der Waals surface area contributed by atoms with E-state index in [2.05, 4.69) is 56.2 Å². The summed E-state index contributed by atoms with van der Waals surface area (Å²) in [4.78, 5) is 20.9. The number of carboxylic acids is 1. The second kappa shape index (κ2) is 14.2. The molecule has 8 atom stereocenters. The van der Waals surface area contributed by atoms with Gasteiger partial charge in [0, 0.05) is 36.3 Å². The summed E-state index contributed by atoms with van der Waals surface area (Å²) in [5.41, 5.74) is 0. The van der Waals surface area contributed by atoms with Crippen molar-refractivity contribution >= 4 is 5.97 Å². The van der Waals surface area contributed by atoms with Crippen LogP contribution in [0.5, 0.6) is 0 Å². The van der Waals surface area contributed by atoms with Crippen molar-refractivity contribution in [1.29, 1.82) is 0 Å². The molecular weight excluding hydrogens is 482 g/mol. The molecule has 0 aliphatic carbocycles. The number of carbonyl (C=O) groups is 1. The Hall–Kier alpha value is -0.770. The normalized spacial score (nSPS) is 36.9. The second-order valence-corrected chi connectivity index (χ2v) is 11.9. The molecule has 3 fully saturated rings. The maximum absolute atomic E-state index is 13.3. The van der Waals surface area contributed by atoms with Gasteiger partial charge in [-0.15, -0.1) is 0 Å². The van der Waals surface area contributed by atoms with E-state index in [1.807, 2.05) is 0 Å². The molecule has 0 aromatic rings. The van der Waals surface area contributed by atoms with Crippen LogP contribution in [0.1, 0.15) is 119 Å². The van der Waals surface area contributed by atoms with E-state index >= 15 is 0 Å². The Morgan fingerprint density at radius 1 is 0.684 bits per heavy atom. The number of ether oxygens (including phenoxy) is 1. The molecule has 0 bridgehead atoms. The first-order valence-corrected chi connectivity index (χ1v) is 15.8. The molecule has 3 rings (SSSR count). The first kappa shape index (κ1) is 31.8. The maximum Gasteiger partial charge on any atom is 0.337 e. The molecule has 3 saturated heterocycles. The fraction of sp³-hybridized carbons (Fsp3) is 0.967. The lowest BCUT2D eigenvalue weighted by atomic mass is 10.1. The van der Waals surface area contributed by atoms with Gasteiger partial charge in [-0.05, 0) is 38.5 Å². The molecule has 0 saturated carbocycles. The van der Waals surface area contributed by atoms with E-state index in [4.69, 9.17) is 4.74 Å². The summed E-state index contributed by atoms with van der Waals surface area (Å²) >= 11 is 0. The lowest BCUT2D eigenvalue weighted by Gasteiger charge is -2.45. The van der Waals surface area contributed by atoms with Gasteiger partial charge in [-0.25, -0.2) is 4.79 Å². The molecule has 0 amide bonds. The average molecular weight is 540 g/mol. The first-order valence-electron chi connectivity index (χ1n) is 15.8. The number of hydrogen-bond donors (Lipinski definition) is 3. The summed E-state index contributed by atoms with van der Waals surface area (Å²) in [5, 5.41) is 30.6. The van der Waals surface area contributed by atoms with Crippen LogP contribution in [0, 0.1) is 0 Å². The molecule has 8 unspecified atom stereocenters. The number of nitrogens with zero attached hydrogens (tertiary/aromatic N) is 3. The van der Waals surface area contributed by atoms with Gasteiger partial charge in [-0.2, -0.15) is 0 Å². The SMILES string of the molecule is CCCC1C(CCC)N1C(C(OCC(O)CO)C(=O)O)(N1C(CCC)C1CCC)N1C(CCC)C1CCC. The predicted molar refractivity (Wildman–Crippen MR) is 151 cm³/mol. The van der Waals surface area contributed by atoms with Crippen molar-refractivity contribution in [2.45, 2.75) is 173 Å². The molecule has 8 heteroatoms. The van der Waals surface area contributed by atoms with Crippen LogP contribution in [0.3, 0.4) is 0 Å². The van der Waals surface area contributed by atoms with E-state index in [1.165, 1.54) is 0 Å². The van der Waals surface area contributed by atoms with Gasteiger partial charge in [0.15, 0.2) is 5.79 Å². The molecule has 8 nitrogen and oxygen atoms in total. The fourth-order valence-corrected chi connectivity index (χ4v) is 7.65. The lowest BCUT2D eigenvalue weighted by molar-refractivity contribution is -0.196. The number of carboxylic acid groups (broad SMARTS) is 1. The van der Waals surface area contributed by atoms with E-state index < -0.39 is 30.6 Å². The Labute approximate surface area is 231 Å². The number of rotatable bonds is 21. The molecule has 0 aromatic carbocycles. The third-order valence-electron chi connectivity index (χ3n) is 9.10. The summed E-state index contributed by atoms with van der Waals surface area (Å²) in [5.74, 6) is -1.85. The van der Waals surface area contributed by atoms with Gasteiger partial charge in [0.05, 0.1) is 13.2 Å². The van der Waals surface area contributed by atoms with Crippen molar-refractivity contribution in [2.24, 2.45) is 0 Å². The highest BCUT2D eigenvalue weighted by Gasteiger charge is 2.78. The minimum absolute atomic E-state index is 0.185. The third-order valence-corrected chi connectivity index (χ3v) is 9.10. The third kappa shape index (κ3) is 6.10. The summed E-state index contributed by atoms with van der Waals surface area (Å²) in [6, 6.07) is 2.02. The van der Waals surface area contributed by atoms with Gasteiger partial charge in [-0.1, -0.05) is 80.1 Å². The Bertz CT molecular complexity index is 633. The number of aliphatic carboxylic acids is 1. The highest BCUT2D eigenvalue weighted by Crippen LogP contribution is 2.60. The largest absolute Gasteiger partial charge is 0.479 e. The van der Waals surface area contributed by atoms with Crippen LogP contribution in [0.4, 0.5) is 0 Å². The number of hydrogen-bond acceptors (Lipinski definition) is 7. The topological polar surface area (TPSA) is 96.0 Å². The highest BCUT2D eigenvalue weighted by molar-refractivity contribution is 5.75. The van der Waals surface area contributed by atoms with Gasteiger partial charge in [-0.3, -0.25) is 14.7 Å². The standard InChI is InChI=1S/C30H57N3O5/c1-7-13-22-23(14-8-2)31(22)30(28(29(36)37)38-20-21(35)19-34,32-24(15-9-3)25(32)16-10-4)33-26(17-11-5)27(33)18-12-6/h21-28,34-35H,7-20H2,1-6H3,(H,36,37). The van der Waals surface area contributed by atoms with E-state index in [-0.39, 0.29) is 6.61 Å². The van der Waals surface area contributed by atoms with Gasteiger partial charge in [0.1, 0.15) is 6.10 Å². The maximum atomic E-state index is 13.3. The molecule has 0 radical (unpaired) electrons. The van der Waals surface area contributed by atoms with Gasteiger partial charge < -0.3 is 20.1 Å². The predicted octanol–water partition coefficient (Wildman–Crippen LogP) is 4.42. The van der Waals surface area contributed by atoms with Crippen LogP contribution in [0.15, 0.2) is 0 Å². The lowest BCUT2D eigenvalue weighted by Crippen LogP contribution is -2.67. The van der Waals surface area contributed by atoms with Crippen LogP contribution in [0.25, 0.3) is 0 Å². The monoisotopic (exact) mass is 539 g/mol. The quantitative estimate of drug-likeness (QED) is 0.185. The molecule has 3 aliphatic heterocycles. The Kier molecular flexibility index (Phi) is 11.9. The van der Waals surface area contributed by atoms with Crippen molar-refractivity contribution in [3.8, 4) is 0 Å². The van der Waals surface area contributed by atoms with Crippen LogP contribution < -0.4 is 0 Å². The Morgan fingerprint density at radius 3 is 1.18 bits per heavy atom. The number of aliphatic hydroxyl groups excluding tert-OH is 2. The zero-order valence-corrected chi connectivity index (χ0v) is 25.0. The molecule has 3 N–H and O–H groups in total. The summed E-state index contributed by atoms with van der Waals surface area (Å²) in [7, 11) is 0. The molecular formula is C30H57N3O5. The van der Waals surface area contributed by atoms with Crippen LogP contribution in [-0.4, -0.2) is 103 Å². The van der Waals surface area contributed by atoms with Gasteiger partial charge in [0.2, 0.25) is 6.10 Å². The minimum atomic E-state index is -1.13. The Balaban J connectivity index is 2.19. The van der Waals surface area contributed by atoms with Gasteiger partial charge >= 0.3 is 5.97 Å². The van der Waals surface area contributed by atoms with Crippen LogP contribution in [0.2, 0.25) is 0 Å². The van der Waals surface area contributed by atoms with Crippen molar-refractivity contribution in [1.82, 2.24) is 14.7 Å². The van der Waals surface area contributed by atoms with Crippen molar-refractivity contribution in [3.63, 3.8) is 0 Å². The average Bonchev–Trinajstić information content (AvgIpc) is 3.84. The first-order chi connectivity index (χ1) is 18.3. The molecule has 3 heterocycles. The van der Waals surface area contributed by atoms with Crippen molar-refractivity contribution in [3.05, 3.63) is 0 Å². The van der Waals surface area contributed by atoms with E-state index in [0.717, 1.165) is 77.0 Å². The molecule has 0 aromatic heterocycles. The second-order valence-electron chi connectivity index (χ2n) is 11.9. The van der Waals surface area contributed by atoms with E-state index in [9.17, 15) is 20.1 Å². The molecule has 222 valence electrons. The minimum Gasteiger partial charge on any atom is -0.479 e. The van der Waals surface area contributed by atoms with E-state index in [1.54, 1.807) is 0 Å². The smallest absolute Gasteiger partial charge is 0.337 e. The zero-order valence-electron chi connectivity index (χ0n) is 25.0. The van der Waals surface area contributed by atoms with Crippen LogP contribution >= 0.6 is 0 Å². The van der Waals surface area contributed by atoms with Crippen LogP contribution in [-0.2, 0) is 9.53 Å². The summed E-state index contributed by atoms with van der Waals surface area (Å²) in [6.07, 6.45) is 10.4. The van der Waals surface area contributed by atoms with Gasteiger partial charge in [0.25, 0.3) is 0 Å². The highest BCUT2D eigenvalue weighted by atomic mass is 16.5. The molecule has 3 aliphatic rings. The van der Waals surface area contributed by atoms with Crippen molar-refractivity contribution in [2.75, 3.05) is 13.2 Å². The molecule has 0 spiro atoms. The summed E-state index contributed by atoms with van der Waals surface area (Å²) < 4.78 is 6.25. The molecule has 38 heavy (non-hydrogen) atoms. The fourth-order valence-electron chi connectivity index (χ4n) is 7.65. The Morgan fingerprint density at radius 2 is 0.974 bits per heavy atom. The van der Waals surface area contributed by atoms with Crippen molar-refractivity contribution < 1.29 is 24.9 Å². The number of aliphatic hydroxyl groups is 2.